The van der Waals surface area contributed by atoms with E-state index in [0.717, 1.165) is 18.8 Å². The van der Waals surface area contributed by atoms with Gasteiger partial charge in [0.25, 0.3) is 0 Å². The molecule has 2 aromatic rings. The molecule has 3 nitrogen and oxygen atoms in total. The number of aromatic nitrogens is 2. The summed E-state index contributed by atoms with van der Waals surface area (Å²) in [5.41, 5.74) is 3.51. The predicted molar refractivity (Wildman–Crippen MR) is 66.1 cm³/mol. The average Bonchev–Trinajstić information content (AvgIpc) is 2.74. The van der Waals surface area contributed by atoms with E-state index in [-0.39, 0.29) is 0 Å². The van der Waals surface area contributed by atoms with Gasteiger partial charge in [-0.05, 0) is 14.0 Å². The van der Waals surface area contributed by atoms with Gasteiger partial charge in [-0.1, -0.05) is 30.3 Å². The van der Waals surface area contributed by atoms with Crippen molar-refractivity contribution in [1.82, 2.24) is 15.1 Å². The molecular formula is C13H17N3. The Hall–Kier alpha value is -1.61. The first-order valence-corrected chi connectivity index (χ1v) is 5.61. The molecule has 0 saturated heterocycles. The number of rotatable bonds is 4. The molecule has 84 valence electrons. The third-order valence-electron chi connectivity index (χ3n) is 2.58. The minimum Gasteiger partial charge on any atom is -0.316 e. The van der Waals surface area contributed by atoms with Crippen molar-refractivity contribution in [2.24, 2.45) is 0 Å². The molecule has 0 saturated carbocycles. The second kappa shape index (κ2) is 4.94. The van der Waals surface area contributed by atoms with Crippen LogP contribution in [0.25, 0.3) is 11.3 Å². The fraction of sp³-hybridized carbons (Fsp3) is 0.308. The van der Waals surface area contributed by atoms with Crippen LogP contribution in [-0.4, -0.2) is 16.8 Å². The van der Waals surface area contributed by atoms with Crippen molar-refractivity contribution < 1.29 is 0 Å². The van der Waals surface area contributed by atoms with Crippen LogP contribution in [0.1, 0.15) is 12.5 Å². The standard InChI is InChI=1S/C13H17N3/c1-3-16-10-12(9-14-2)13(15-16)11-7-5-4-6-8-11/h4-8,10,14H,3,9H2,1-2H3. The van der Waals surface area contributed by atoms with Gasteiger partial charge in [0.15, 0.2) is 0 Å². The molecule has 1 N–H and O–H groups in total. The van der Waals surface area contributed by atoms with Crippen molar-refractivity contribution in [2.45, 2.75) is 20.0 Å². The molecule has 0 radical (unpaired) electrons. The Labute approximate surface area is 96.1 Å². The van der Waals surface area contributed by atoms with Gasteiger partial charge < -0.3 is 5.32 Å². The van der Waals surface area contributed by atoms with Crippen molar-refractivity contribution in [1.29, 1.82) is 0 Å². The number of nitrogens with zero attached hydrogens (tertiary/aromatic N) is 2. The van der Waals surface area contributed by atoms with Gasteiger partial charge in [0.05, 0.1) is 5.69 Å². The van der Waals surface area contributed by atoms with Crippen LogP contribution in [0.15, 0.2) is 36.5 Å². The number of benzene rings is 1. The lowest BCUT2D eigenvalue weighted by molar-refractivity contribution is 0.660. The molecule has 0 fully saturated rings. The molecule has 0 atom stereocenters. The highest BCUT2D eigenvalue weighted by molar-refractivity contribution is 5.62. The average molecular weight is 215 g/mol. The SMILES string of the molecule is CCn1cc(CNC)c(-c2ccccc2)n1. The van der Waals surface area contributed by atoms with Gasteiger partial charge in [-0.3, -0.25) is 4.68 Å². The number of nitrogens with one attached hydrogen (secondary N) is 1. The molecule has 2 rings (SSSR count). The lowest BCUT2D eigenvalue weighted by atomic mass is 10.1. The lowest BCUT2D eigenvalue weighted by Crippen LogP contribution is -2.05. The first kappa shape index (κ1) is 10.9. The zero-order valence-electron chi connectivity index (χ0n) is 9.77. The third kappa shape index (κ3) is 2.14. The molecule has 0 aliphatic carbocycles. The Balaban J connectivity index is 2.42. The van der Waals surface area contributed by atoms with Gasteiger partial charge in [0.2, 0.25) is 0 Å². The molecule has 0 unspecified atom stereocenters. The largest absolute Gasteiger partial charge is 0.316 e. The number of aryl methyl sites for hydroxylation is 1. The summed E-state index contributed by atoms with van der Waals surface area (Å²) in [7, 11) is 1.96. The Bertz CT molecular complexity index is 445. The monoisotopic (exact) mass is 215 g/mol. The Morgan fingerprint density at radius 3 is 2.62 bits per heavy atom. The van der Waals surface area contributed by atoms with Crippen molar-refractivity contribution >= 4 is 0 Å². The Morgan fingerprint density at radius 2 is 2.00 bits per heavy atom. The Morgan fingerprint density at radius 1 is 1.25 bits per heavy atom. The second-order valence-corrected chi connectivity index (χ2v) is 3.75. The quantitative estimate of drug-likeness (QED) is 0.848. The van der Waals surface area contributed by atoms with Gasteiger partial charge in [0.1, 0.15) is 0 Å². The number of hydrogen-bond donors (Lipinski definition) is 1. The van der Waals surface area contributed by atoms with Crippen molar-refractivity contribution in [3.8, 4) is 11.3 Å². The summed E-state index contributed by atoms with van der Waals surface area (Å²) >= 11 is 0. The molecule has 16 heavy (non-hydrogen) atoms. The molecule has 0 aliphatic rings. The van der Waals surface area contributed by atoms with Gasteiger partial charge in [0, 0.05) is 30.4 Å². The topological polar surface area (TPSA) is 29.9 Å². The molecule has 0 bridgehead atoms. The van der Waals surface area contributed by atoms with Crippen molar-refractivity contribution in [3.63, 3.8) is 0 Å². The number of hydrogen-bond acceptors (Lipinski definition) is 2. The maximum Gasteiger partial charge on any atom is 0.0968 e. The molecule has 1 aromatic carbocycles. The van der Waals surface area contributed by atoms with Crippen LogP contribution >= 0.6 is 0 Å². The zero-order valence-corrected chi connectivity index (χ0v) is 9.77. The van der Waals surface area contributed by atoms with Gasteiger partial charge >= 0.3 is 0 Å². The fourth-order valence-corrected chi connectivity index (χ4v) is 1.78. The summed E-state index contributed by atoms with van der Waals surface area (Å²) in [5, 5.41) is 7.77. The molecule has 1 aromatic heterocycles. The zero-order chi connectivity index (χ0) is 11.4. The molecule has 0 amide bonds. The highest BCUT2D eigenvalue weighted by Gasteiger charge is 2.09. The van der Waals surface area contributed by atoms with Gasteiger partial charge in [-0.15, -0.1) is 0 Å². The van der Waals surface area contributed by atoms with E-state index in [4.69, 9.17) is 0 Å². The first-order chi connectivity index (χ1) is 7.85. The first-order valence-electron chi connectivity index (χ1n) is 5.61. The minimum atomic E-state index is 0.851. The van der Waals surface area contributed by atoms with Gasteiger partial charge in [-0.25, -0.2) is 0 Å². The lowest BCUT2D eigenvalue weighted by Gasteiger charge is -2.00. The van der Waals surface area contributed by atoms with Crippen LogP contribution in [0, 0.1) is 0 Å². The molecule has 0 spiro atoms. The molecule has 0 aliphatic heterocycles. The summed E-state index contributed by atoms with van der Waals surface area (Å²) in [6, 6.07) is 10.3. The fourth-order valence-electron chi connectivity index (χ4n) is 1.78. The summed E-state index contributed by atoms with van der Waals surface area (Å²) in [5.74, 6) is 0. The van der Waals surface area contributed by atoms with E-state index in [1.165, 1.54) is 11.1 Å². The van der Waals surface area contributed by atoms with Crippen molar-refractivity contribution in [3.05, 3.63) is 42.1 Å². The van der Waals surface area contributed by atoms with E-state index < -0.39 is 0 Å². The second-order valence-electron chi connectivity index (χ2n) is 3.75. The molecular weight excluding hydrogens is 198 g/mol. The van der Waals surface area contributed by atoms with E-state index in [9.17, 15) is 0 Å². The highest BCUT2D eigenvalue weighted by atomic mass is 15.3. The normalized spacial score (nSPS) is 10.6. The van der Waals surface area contributed by atoms with E-state index >= 15 is 0 Å². The maximum atomic E-state index is 4.59. The van der Waals surface area contributed by atoms with E-state index in [1.54, 1.807) is 0 Å². The summed E-state index contributed by atoms with van der Waals surface area (Å²) in [4.78, 5) is 0. The maximum absolute atomic E-state index is 4.59. The summed E-state index contributed by atoms with van der Waals surface area (Å²) < 4.78 is 1.98. The molecule has 1 heterocycles. The van der Waals surface area contributed by atoms with Gasteiger partial charge in [-0.2, -0.15) is 5.10 Å². The van der Waals surface area contributed by atoms with Crippen LogP contribution < -0.4 is 5.32 Å². The van der Waals surface area contributed by atoms with Crippen LogP contribution in [0.2, 0.25) is 0 Å². The van der Waals surface area contributed by atoms with Crippen LogP contribution in [0.4, 0.5) is 0 Å². The predicted octanol–water partition coefficient (Wildman–Crippen LogP) is 2.29. The van der Waals surface area contributed by atoms with E-state index in [2.05, 4.69) is 35.7 Å². The van der Waals surface area contributed by atoms with Crippen LogP contribution in [0.3, 0.4) is 0 Å². The summed E-state index contributed by atoms with van der Waals surface area (Å²) in [6.07, 6.45) is 2.11. The van der Waals surface area contributed by atoms with Crippen LogP contribution in [0.5, 0.6) is 0 Å². The van der Waals surface area contributed by atoms with E-state index in [0.29, 0.717) is 0 Å². The molecule has 3 heteroatoms. The minimum absolute atomic E-state index is 0.851. The third-order valence-corrected chi connectivity index (χ3v) is 2.58. The van der Waals surface area contributed by atoms with Crippen molar-refractivity contribution in [2.75, 3.05) is 7.05 Å². The summed E-state index contributed by atoms with van der Waals surface area (Å²) in [6.45, 7) is 3.86. The Kier molecular flexibility index (Phi) is 3.37. The smallest absolute Gasteiger partial charge is 0.0968 e. The van der Waals surface area contributed by atoms with E-state index in [1.807, 2.05) is 29.9 Å². The highest BCUT2D eigenvalue weighted by Crippen LogP contribution is 2.21. The van der Waals surface area contributed by atoms with Crippen LogP contribution in [-0.2, 0) is 13.1 Å².